The lowest BCUT2D eigenvalue weighted by atomic mass is 11.0. The van der Waals surface area contributed by atoms with Crippen molar-refractivity contribution < 1.29 is 9.42 Å². The molecule has 0 saturated carbocycles. The van der Waals surface area contributed by atoms with Gasteiger partial charge in [0.15, 0.2) is 0 Å². The van der Waals surface area contributed by atoms with Crippen molar-refractivity contribution in [1.29, 1.82) is 0 Å². The number of hydrogen-bond donors (Lipinski definition) is 0. The molecule has 0 aliphatic heterocycles. The van der Waals surface area contributed by atoms with Crippen LogP contribution >= 0.6 is 8.00 Å². The van der Waals surface area contributed by atoms with Crippen molar-refractivity contribution in [2.24, 2.45) is 0 Å². The van der Waals surface area contributed by atoms with Gasteiger partial charge in [0.2, 0.25) is 0 Å². The third-order valence-electron chi connectivity index (χ3n) is 0.389. The van der Waals surface area contributed by atoms with Crippen LogP contribution in [0.1, 0.15) is 6.92 Å². The first-order valence-electron chi connectivity index (χ1n) is 1.84. The van der Waals surface area contributed by atoms with Gasteiger partial charge < -0.3 is 9.42 Å². The van der Waals surface area contributed by atoms with Crippen LogP contribution in [0.25, 0.3) is 0 Å². The Hall–Kier alpha value is -0.330. The summed E-state index contributed by atoms with van der Waals surface area (Å²) >= 11 is 0. The average molecular weight is 118 g/mol. The van der Waals surface area contributed by atoms with E-state index in [0.717, 1.165) is 0 Å². The largest absolute Gasteiger partial charge is 0.595 e. The minimum absolute atomic E-state index is 1.17. The van der Waals surface area contributed by atoms with Gasteiger partial charge in [0.05, 0.1) is 0 Å². The lowest BCUT2D eigenvalue weighted by Gasteiger charge is -1.87. The first-order chi connectivity index (χ1) is 3.31. The SMILES string of the molecule is C=CO[P+]([O-])=CC. The van der Waals surface area contributed by atoms with Crippen LogP contribution in [0.3, 0.4) is 0 Å². The van der Waals surface area contributed by atoms with E-state index >= 15 is 0 Å². The molecule has 0 aromatic heterocycles. The Labute approximate surface area is 44.0 Å². The Kier molecular flexibility index (Phi) is 3.67. The minimum Gasteiger partial charge on any atom is -0.595 e. The quantitative estimate of drug-likeness (QED) is 0.393. The summed E-state index contributed by atoms with van der Waals surface area (Å²) in [6.45, 7) is 4.89. The average Bonchev–Trinajstić information content (AvgIpc) is 1.68. The van der Waals surface area contributed by atoms with Gasteiger partial charge in [-0.15, -0.1) is 0 Å². The second kappa shape index (κ2) is 3.85. The standard InChI is InChI=1S/C4H7O2P/c1-3-6-7(5)4-2/h3-4H,1H2,2H3. The van der Waals surface area contributed by atoms with E-state index in [1.54, 1.807) is 6.92 Å². The Morgan fingerprint density at radius 2 is 2.43 bits per heavy atom. The van der Waals surface area contributed by atoms with Gasteiger partial charge in [0, 0.05) is 0 Å². The second-order valence-electron chi connectivity index (χ2n) is 0.816. The van der Waals surface area contributed by atoms with E-state index in [4.69, 9.17) is 0 Å². The molecule has 0 bridgehead atoms. The summed E-state index contributed by atoms with van der Waals surface area (Å²) in [7, 11) is -1.57. The maximum absolute atomic E-state index is 10.2. The molecule has 0 aliphatic carbocycles. The van der Waals surface area contributed by atoms with Gasteiger partial charge in [-0.3, -0.25) is 0 Å². The molecule has 0 spiro atoms. The van der Waals surface area contributed by atoms with Gasteiger partial charge in [-0.1, -0.05) is 6.58 Å². The molecule has 0 fully saturated rings. The molecule has 0 saturated heterocycles. The highest BCUT2D eigenvalue weighted by Crippen LogP contribution is 2.08. The Morgan fingerprint density at radius 1 is 1.86 bits per heavy atom. The molecule has 0 heterocycles. The molecule has 0 aromatic carbocycles. The fraction of sp³-hybridized carbons (Fsp3) is 0.250. The fourth-order valence-corrected chi connectivity index (χ4v) is 0.403. The van der Waals surface area contributed by atoms with Crippen molar-refractivity contribution in [3.05, 3.63) is 12.8 Å². The topological polar surface area (TPSA) is 32.3 Å². The normalized spacial score (nSPS) is 10.9. The molecule has 0 N–H and O–H groups in total. The Morgan fingerprint density at radius 3 is 2.57 bits per heavy atom. The molecule has 0 rings (SSSR count). The van der Waals surface area contributed by atoms with Gasteiger partial charge >= 0.3 is 0 Å². The minimum atomic E-state index is -1.57. The van der Waals surface area contributed by atoms with Crippen molar-refractivity contribution in [3.8, 4) is 0 Å². The molecule has 0 amide bonds. The summed E-state index contributed by atoms with van der Waals surface area (Å²) in [6.07, 6.45) is 1.17. The smallest absolute Gasteiger partial charge is 0.271 e. The van der Waals surface area contributed by atoms with Crippen LogP contribution < -0.4 is 4.89 Å². The van der Waals surface area contributed by atoms with Gasteiger partial charge in [-0.25, -0.2) is 0 Å². The third-order valence-corrected chi connectivity index (χ3v) is 1.17. The van der Waals surface area contributed by atoms with Crippen LogP contribution in [0.4, 0.5) is 0 Å². The summed E-state index contributed by atoms with van der Waals surface area (Å²) in [6, 6.07) is 0. The fourth-order valence-electron chi connectivity index (χ4n) is 0.134. The zero-order chi connectivity index (χ0) is 5.70. The summed E-state index contributed by atoms with van der Waals surface area (Å²) in [5.74, 6) is 1.47. The van der Waals surface area contributed by atoms with Crippen LogP contribution in [0.5, 0.6) is 0 Å². The van der Waals surface area contributed by atoms with Crippen molar-refractivity contribution >= 4 is 13.8 Å². The summed E-state index contributed by atoms with van der Waals surface area (Å²) in [5.41, 5.74) is 0. The van der Waals surface area contributed by atoms with E-state index in [1.807, 2.05) is 0 Å². The third kappa shape index (κ3) is 3.50. The highest BCUT2D eigenvalue weighted by atomic mass is 31.1. The predicted molar refractivity (Wildman–Crippen MR) is 29.9 cm³/mol. The van der Waals surface area contributed by atoms with E-state index in [9.17, 15) is 4.89 Å². The van der Waals surface area contributed by atoms with E-state index in [1.165, 1.54) is 12.1 Å². The van der Waals surface area contributed by atoms with Crippen molar-refractivity contribution in [1.82, 2.24) is 0 Å². The lowest BCUT2D eigenvalue weighted by Crippen LogP contribution is -1.87. The van der Waals surface area contributed by atoms with Crippen LogP contribution in [-0.4, -0.2) is 5.80 Å². The molecule has 2 nitrogen and oxygen atoms in total. The monoisotopic (exact) mass is 118 g/mol. The van der Waals surface area contributed by atoms with Crippen LogP contribution in [-0.2, 0) is 4.52 Å². The molecule has 1 atom stereocenters. The van der Waals surface area contributed by atoms with Crippen molar-refractivity contribution in [3.63, 3.8) is 0 Å². The van der Waals surface area contributed by atoms with E-state index < -0.39 is 8.00 Å². The van der Waals surface area contributed by atoms with Gasteiger partial charge in [0.1, 0.15) is 12.1 Å². The van der Waals surface area contributed by atoms with Gasteiger partial charge in [-0.05, 0) is 6.92 Å². The Bertz CT molecular complexity index is 87.7. The molecule has 0 aromatic rings. The number of rotatable bonds is 2. The maximum Gasteiger partial charge on any atom is 0.271 e. The maximum atomic E-state index is 10.2. The zero-order valence-corrected chi connectivity index (χ0v) is 5.02. The number of hydrogen-bond acceptors (Lipinski definition) is 2. The molecule has 0 aliphatic rings. The first-order valence-corrected chi connectivity index (χ1v) is 3.09. The molecular weight excluding hydrogens is 111 g/mol. The zero-order valence-electron chi connectivity index (χ0n) is 4.13. The highest BCUT2D eigenvalue weighted by molar-refractivity contribution is 7.44. The highest BCUT2D eigenvalue weighted by Gasteiger charge is 1.83. The molecule has 1 unspecified atom stereocenters. The summed E-state index contributed by atoms with van der Waals surface area (Å²) in [5, 5.41) is 0. The lowest BCUT2D eigenvalue weighted by molar-refractivity contribution is -0.168. The van der Waals surface area contributed by atoms with E-state index in [0.29, 0.717) is 0 Å². The first kappa shape index (κ1) is 6.67. The predicted octanol–water partition coefficient (Wildman–Crippen LogP) is 0.641. The molecule has 3 heteroatoms. The summed E-state index contributed by atoms with van der Waals surface area (Å²) < 4.78 is 4.41. The van der Waals surface area contributed by atoms with Crippen LogP contribution in [0.15, 0.2) is 12.8 Å². The molecule has 40 valence electrons. The van der Waals surface area contributed by atoms with Crippen molar-refractivity contribution in [2.45, 2.75) is 6.92 Å². The molecule has 7 heavy (non-hydrogen) atoms. The van der Waals surface area contributed by atoms with Gasteiger partial charge in [0.25, 0.3) is 8.00 Å². The van der Waals surface area contributed by atoms with E-state index in [-0.39, 0.29) is 0 Å². The summed E-state index contributed by atoms with van der Waals surface area (Å²) in [4.78, 5) is 10.2. The van der Waals surface area contributed by atoms with Gasteiger partial charge in [-0.2, -0.15) is 0 Å². The molecule has 0 radical (unpaired) electrons. The van der Waals surface area contributed by atoms with Crippen LogP contribution in [0.2, 0.25) is 0 Å². The second-order valence-corrected chi connectivity index (χ2v) is 2.11. The Balaban J connectivity index is 3.36. The van der Waals surface area contributed by atoms with Crippen LogP contribution in [0, 0.1) is 0 Å². The molecular formula is C4H7O2P. The van der Waals surface area contributed by atoms with E-state index in [2.05, 4.69) is 11.1 Å². The van der Waals surface area contributed by atoms with Crippen molar-refractivity contribution in [2.75, 3.05) is 0 Å².